The highest BCUT2D eigenvalue weighted by Crippen LogP contribution is 2.31. The predicted octanol–water partition coefficient (Wildman–Crippen LogP) is 4.22. The maximum absolute atomic E-state index is 13.3. The zero-order valence-electron chi connectivity index (χ0n) is 17.7. The van der Waals surface area contributed by atoms with E-state index in [4.69, 9.17) is 11.6 Å². The van der Waals surface area contributed by atoms with Crippen LogP contribution in [0.2, 0.25) is 5.02 Å². The van der Waals surface area contributed by atoms with Crippen molar-refractivity contribution < 1.29 is 23.1 Å². The average Bonchev–Trinajstić information content (AvgIpc) is 2.72. The topological polar surface area (TPSA) is 78.6 Å². The number of benzene rings is 2. The number of carbonyl (C=O) groups is 1. The molecule has 2 aromatic carbocycles. The number of anilines is 1. The quantitative estimate of drug-likeness (QED) is 0.352. The smallest absolute Gasteiger partial charge is 0.264 e. The van der Waals surface area contributed by atoms with Gasteiger partial charge in [-0.25, -0.2) is 8.42 Å². The van der Waals surface area contributed by atoms with Gasteiger partial charge in [0.25, 0.3) is 10.0 Å². The van der Waals surface area contributed by atoms with Gasteiger partial charge in [-0.1, -0.05) is 44.5 Å². The van der Waals surface area contributed by atoms with Crippen LogP contribution in [0.25, 0.3) is 0 Å². The van der Waals surface area contributed by atoms with Crippen LogP contribution in [0.1, 0.15) is 42.3 Å². The number of halogens is 1. The zero-order valence-corrected chi connectivity index (χ0v) is 19.3. The van der Waals surface area contributed by atoms with Crippen molar-refractivity contribution in [1.82, 2.24) is 0 Å². The molecule has 0 aliphatic carbocycles. The molecular weight excluding hydrogens is 436 g/mol. The second kappa shape index (κ2) is 8.32. The largest absolute Gasteiger partial charge is 0.289 e. The number of carbonyl (C=O) groups excluding carboxylic acids is 1. The lowest BCUT2D eigenvalue weighted by molar-refractivity contribution is -0.904. The normalized spacial score (nSPS) is 11.9. The molecule has 0 fully saturated rings. The van der Waals surface area contributed by atoms with Gasteiger partial charge < -0.3 is 0 Å². The monoisotopic (exact) mass is 459 g/mol. The summed E-state index contributed by atoms with van der Waals surface area (Å²) < 4.78 is 28.5. The molecule has 1 aromatic heterocycles. The van der Waals surface area contributed by atoms with Gasteiger partial charge in [-0.3, -0.25) is 14.3 Å². The highest BCUT2D eigenvalue weighted by atomic mass is 35.5. The Labute approximate surface area is 187 Å². The fraction of sp³-hybridized carbons (Fsp3) is 0.217. The Balaban J connectivity index is 2.04. The first kappa shape index (κ1) is 22.8. The molecule has 0 radical (unpaired) electrons. The van der Waals surface area contributed by atoms with Gasteiger partial charge in [-0.2, -0.15) is 0 Å². The van der Waals surface area contributed by atoms with E-state index in [1.165, 1.54) is 49.8 Å². The minimum absolute atomic E-state index is 0.105. The maximum atomic E-state index is 13.3. The van der Waals surface area contributed by atoms with Gasteiger partial charge in [0.05, 0.1) is 10.6 Å². The van der Waals surface area contributed by atoms with Gasteiger partial charge in [0.1, 0.15) is 0 Å². The number of hydrogen-bond acceptors (Lipinski definition) is 4. The Morgan fingerprint density at radius 1 is 1.00 bits per heavy atom. The van der Waals surface area contributed by atoms with Gasteiger partial charge in [0, 0.05) is 40.1 Å². The minimum Gasteiger partial charge on any atom is -0.289 e. The van der Waals surface area contributed by atoms with E-state index in [0.29, 0.717) is 5.02 Å². The lowest BCUT2D eigenvalue weighted by Gasteiger charge is -2.23. The summed E-state index contributed by atoms with van der Waals surface area (Å²) in [5, 5.41) is 9.70. The minimum atomic E-state index is -3.92. The van der Waals surface area contributed by atoms with Crippen LogP contribution >= 0.6 is 11.6 Å². The van der Waals surface area contributed by atoms with E-state index in [1.807, 2.05) is 0 Å². The zero-order chi connectivity index (χ0) is 23.0. The van der Waals surface area contributed by atoms with Gasteiger partial charge in [-0.05, 0) is 41.3 Å². The molecule has 0 unspecified atom stereocenters. The number of ketones is 1. The SMILES string of the molecule is CN(c1ccc(Cl)cc1C(=O)c1cc[n+](O)cc1)S(=O)(=O)c1ccc(C(C)(C)C)cc1. The molecule has 31 heavy (non-hydrogen) atoms. The molecule has 6 nitrogen and oxygen atoms in total. The van der Waals surface area contributed by atoms with Gasteiger partial charge in [0.2, 0.25) is 12.4 Å². The standard InChI is InChI=1S/C23H24ClN2O4S/c1-23(2,3)17-5-8-19(9-6-17)31(29,30)25(4)21-10-7-18(24)15-20(21)22(27)16-11-13-26(28)14-12-16/h5-15,28H,1-4H3/q+1. The Morgan fingerprint density at radius 2 is 1.58 bits per heavy atom. The third kappa shape index (κ3) is 4.73. The summed E-state index contributed by atoms with van der Waals surface area (Å²) in [6, 6.07) is 14.1. The highest BCUT2D eigenvalue weighted by molar-refractivity contribution is 7.92. The molecule has 0 saturated heterocycles. The lowest BCUT2D eigenvalue weighted by Crippen LogP contribution is -2.29. The predicted molar refractivity (Wildman–Crippen MR) is 119 cm³/mol. The van der Waals surface area contributed by atoms with E-state index in [0.717, 1.165) is 14.6 Å². The van der Waals surface area contributed by atoms with Crippen molar-refractivity contribution in [2.75, 3.05) is 11.4 Å². The summed E-state index contributed by atoms with van der Waals surface area (Å²) in [7, 11) is -2.52. The van der Waals surface area contributed by atoms with Crippen molar-refractivity contribution in [2.24, 2.45) is 0 Å². The third-order valence-electron chi connectivity index (χ3n) is 5.00. The highest BCUT2D eigenvalue weighted by Gasteiger charge is 2.27. The van der Waals surface area contributed by atoms with E-state index < -0.39 is 15.8 Å². The molecule has 0 saturated carbocycles. The number of aromatic nitrogens is 1. The van der Waals surface area contributed by atoms with Crippen molar-refractivity contribution in [3.63, 3.8) is 0 Å². The molecule has 0 aliphatic heterocycles. The molecular formula is C23H24ClN2O4S+. The Kier molecular flexibility index (Phi) is 6.11. The van der Waals surface area contributed by atoms with Crippen LogP contribution in [0.3, 0.4) is 0 Å². The van der Waals surface area contributed by atoms with Crippen molar-refractivity contribution in [2.45, 2.75) is 31.1 Å². The number of sulfonamides is 1. The second-order valence-electron chi connectivity index (χ2n) is 8.20. The van der Waals surface area contributed by atoms with E-state index in [1.54, 1.807) is 24.3 Å². The fourth-order valence-corrected chi connectivity index (χ4v) is 4.49. The fourth-order valence-electron chi connectivity index (χ4n) is 3.10. The lowest BCUT2D eigenvalue weighted by atomic mass is 9.87. The average molecular weight is 460 g/mol. The van der Waals surface area contributed by atoms with Crippen molar-refractivity contribution >= 4 is 33.1 Å². The molecule has 3 rings (SSSR count). The number of pyridine rings is 1. The Bertz CT molecular complexity index is 1220. The molecule has 1 heterocycles. The summed E-state index contributed by atoms with van der Waals surface area (Å²) in [5.41, 5.74) is 1.54. The molecule has 3 aromatic rings. The molecule has 0 bridgehead atoms. The van der Waals surface area contributed by atoms with Crippen LogP contribution in [-0.4, -0.2) is 26.5 Å². The van der Waals surface area contributed by atoms with Crippen molar-refractivity contribution in [3.8, 4) is 0 Å². The molecule has 0 aliphatic rings. The molecule has 0 amide bonds. The van der Waals surface area contributed by atoms with E-state index >= 15 is 0 Å². The number of hydrogen-bond donors (Lipinski definition) is 1. The van der Waals surface area contributed by atoms with E-state index in [2.05, 4.69) is 20.8 Å². The molecule has 162 valence electrons. The summed E-state index contributed by atoms with van der Waals surface area (Å²) in [5.74, 6) is -0.414. The first-order chi connectivity index (χ1) is 14.4. The van der Waals surface area contributed by atoms with E-state index in [-0.39, 0.29) is 27.1 Å². The first-order valence-electron chi connectivity index (χ1n) is 9.55. The maximum Gasteiger partial charge on any atom is 0.264 e. The Morgan fingerprint density at radius 3 is 2.13 bits per heavy atom. The molecule has 0 spiro atoms. The van der Waals surface area contributed by atoms with Crippen LogP contribution in [0, 0.1) is 0 Å². The first-order valence-corrected chi connectivity index (χ1v) is 11.4. The second-order valence-corrected chi connectivity index (χ2v) is 10.6. The Hall–Kier alpha value is -2.90. The number of rotatable bonds is 5. The number of nitrogens with zero attached hydrogens (tertiary/aromatic N) is 2. The van der Waals surface area contributed by atoms with Crippen LogP contribution in [0.15, 0.2) is 71.9 Å². The van der Waals surface area contributed by atoms with Crippen LogP contribution in [0.4, 0.5) is 5.69 Å². The van der Waals surface area contributed by atoms with Crippen LogP contribution < -0.4 is 9.04 Å². The molecule has 1 N–H and O–H groups in total. The summed E-state index contributed by atoms with van der Waals surface area (Å²) in [6.45, 7) is 6.15. The van der Waals surface area contributed by atoms with Crippen LogP contribution in [0.5, 0.6) is 0 Å². The van der Waals surface area contributed by atoms with Gasteiger partial charge in [0.15, 0.2) is 5.78 Å². The van der Waals surface area contributed by atoms with Crippen molar-refractivity contribution in [1.29, 1.82) is 0 Å². The summed E-state index contributed by atoms with van der Waals surface area (Å²) >= 11 is 6.11. The molecule has 0 atom stereocenters. The van der Waals surface area contributed by atoms with Gasteiger partial charge in [-0.15, -0.1) is 0 Å². The molecule has 8 heteroatoms. The summed E-state index contributed by atoms with van der Waals surface area (Å²) in [6.07, 6.45) is 2.63. The van der Waals surface area contributed by atoms with Crippen molar-refractivity contribution in [3.05, 3.63) is 88.7 Å². The van der Waals surface area contributed by atoms with Crippen LogP contribution in [-0.2, 0) is 15.4 Å². The summed E-state index contributed by atoms with van der Waals surface area (Å²) in [4.78, 5) is 13.2. The van der Waals surface area contributed by atoms with Gasteiger partial charge >= 0.3 is 0 Å². The van der Waals surface area contributed by atoms with E-state index in [9.17, 15) is 18.4 Å². The third-order valence-corrected chi connectivity index (χ3v) is 7.02.